The van der Waals surface area contributed by atoms with Gasteiger partial charge in [-0.2, -0.15) is 0 Å². The van der Waals surface area contributed by atoms with Gasteiger partial charge in [-0.05, 0) is 49.8 Å². The van der Waals surface area contributed by atoms with Crippen molar-refractivity contribution in [2.24, 2.45) is 5.92 Å². The van der Waals surface area contributed by atoms with Crippen LogP contribution < -0.4 is 10.1 Å². The lowest BCUT2D eigenvalue weighted by Gasteiger charge is -2.22. The molecule has 1 heterocycles. The summed E-state index contributed by atoms with van der Waals surface area (Å²) in [6, 6.07) is 8.08. The first-order valence-electron chi connectivity index (χ1n) is 8.29. The van der Waals surface area contributed by atoms with Gasteiger partial charge in [0, 0.05) is 37.3 Å². The van der Waals surface area contributed by atoms with Crippen LogP contribution in [0.2, 0.25) is 0 Å². The summed E-state index contributed by atoms with van der Waals surface area (Å²) in [6.07, 6.45) is 3.99. The van der Waals surface area contributed by atoms with Gasteiger partial charge in [0.05, 0.1) is 7.11 Å². The summed E-state index contributed by atoms with van der Waals surface area (Å²) in [5, 5.41) is 3.59. The van der Waals surface area contributed by atoms with E-state index in [1.807, 2.05) is 0 Å². The first-order chi connectivity index (χ1) is 10.2. The average Bonchev–Trinajstić information content (AvgIpc) is 3.23. The predicted molar refractivity (Wildman–Crippen MR) is 86.5 cm³/mol. The Morgan fingerprint density at radius 2 is 2.10 bits per heavy atom. The number of nitrogens with zero attached hydrogens (tertiary/aromatic N) is 1. The van der Waals surface area contributed by atoms with Gasteiger partial charge in [-0.3, -0.25) is 4.90 Å². The van der Waals surface area contributed by atoms with Crippen LogP contribution in [0.3, 0.4) is 0 Å². The van der Waals surface area contributed by atoms with Gasteiger partial charge in [-0.15, -0.1) is 0 Å². The fraction of sp³-hybridized carbons (Fsp3) is 0.667. The minimum Gasteiger partial charge on any atom is -0.496 e. The van der Waals surface area contributed by atoms with Crippen molar-refractivity contribution in [1.29, 1.82) is 0 Å². The lowest BCUT2D eigenvalue weighted by molar-refractivity contribution is 0.252. The second kappa shape index (κ2) is 6.37. The van der Waals surface area contributed by atoms with Gasteiger partial charge >= 0.3 is 0 Å². The molecule has 21 heavy (non-hydrogen) atoms. The summed E-state index contributed by atoms with van der Waals surface area (Å²) >= 11 is 0. The third kappa shape index (κ3) is 3.78. The van der Waals surface area contributed by atoms with Gasteiger partial charge in [0.1, 0.15) is 5.75 Å². The molecule has 116 valence electrons. The lowest BCUT2D eigenvalue weighted by atomic mass is 10.1. The van der Waals surface area contributed by atoms with Crippen LogP contribution in [0, 0.1) is 5.92 Å². The third-order valence-electron chi connectivity index (χ3n) is 4.80. The molecule has 0 spiro atoms. The summed E-state index contributed by atoms with van der Waals surface area (Å²) in [4.78, 5) is 2.58. The Labute approximate surface area is 128 Å². The number of nitrogens with one attached hydrogen (secondary N) is 1. The van der Waals surface area contributed by atoms with Gasteiger partial charge in [0.2, 0.25) is 0 Å². The van der Waals surface area contributed by atoms with E-state index >= 15 is 0 Å². The van der Waals surface area contributed by atoms with E-state index in [2.05, 4.69) is 42.3 Å². The van der Waals surface area contributed by atoms with E-state index in [1.165, 1.54) is 36.9 Å². The van der Waals surface area contributed by atoms with Crippen molar-refractivity contribution in [2.75, 3.05) is 13.7 Å². The first-order valence-corrected chi connectivity index (χ1v) is 8.29. The summed E-state index contributed by atoms with van der Waals surface area (Å²) in [7, 11) is 1.77. The SMILES string of the molecule is COc1ccc(CNC2CC2)cc1CN1CC(C)CC1C. The molecule has 1 saturated carbocycles. The Bertz CT molecular complexity index is 484. The van der Waals surface area contributed by atoms with Crippen LogP contribution in [-0.4, -0.2) is 30.6 Å². The molecule has 3 rings (SSSR count). The maximum atomic E-state index is 5.56. The van der Waals surface area contributed by atoms with Gasteiger partial charge in [0.25, 0.3) is 0 Å². The molecule has 1 aliphatic heterocycles. The Kier molecular flexibility index (Phi) is 4.51. The molecule has 2 fully saturated rings. The van der Waals surface area contributed by atoms with Crippen LogP contribution >= 0.6 is 0 Å². The van der Waals surface area contributed by atoms with Gasteiger partial charge in [-0.25, -0.2) is 0 Å². The fourth-order valence-electron chi connectivity index (χ4n) is 3.44. The smallest absolute Gasteiger partial charge is 0.123 e. The molecule has 2 unspecified atom stereocenters. The summed E-state index contributed by atoms with van der Waals surface area (Å²) in [5.74, 6) is 1.84. The first kappa shape index (κ1) is 14.9. The van der Waals surface area contributed by atoms with Crippen molar-refractivity contribution in [2.45, 2.75) is 58.3 Å². The van der Waals surface area contributed by atoms with E-state index in [0.29, 0.717) is 6.04 Å². The number of hydrogen-bond donors (Lipinski definition) is 1. The zero-order chi connectivity index (χ0) is 14.8. The van der Waals surface area contributed by atoms with Gasteiger partial charge in [-0.1, -0.05) is 13.0 Å². The van der Waals surface area contributed by atoms with Crippen molar-refractivity contribution >= 4 is 0 Å². The van der Waals surface area contributed by atoms with Crippen molar-refractivity contribution in [1.82, 2.24) is 10.2 Å². The largest absolute Gasteiger partial charge is 0.496 e. The highest BCUT2D eigenvalue weighted by Gasteiger charge is 2.26. The van der Waals surface area contributed by atoms with E-state index < -0.39 is 0 Å². The van der Waals surface area contributed by atoms with Crippen LogP contribution in [0.25, 0.3) is 0 Å². The number of ether oxygens (including phenoxy) is 1. The molecule has 0 aromatic heterocycles. The number of hydrogen-bond acceptors (Lipinski definition) is 3. The molecule has 0 amide bonds. The van der Waals surface area contributed by atoms with Gasteiger partial charge in [0.15, 0.2) is 0 Å². The zero-order valence-electron chi connectivity index (χ0n) is 13.6. The number of benzene rings is 1. The van der Waals surface area contributed by atoms with Crippen molar-refractivity contribution in [3.63, 3.8) is 0 Å². The van der Waals surface area contributed by atoms with E-state index in [9.17, 15) is 0 Å². The minimum atomic E-state index is 0.679. The molecule has 1 saturated heterocycles. The number of methoxy groups -OCH3 is 1. The van der Waals surface area contributed by atoms with Crippen LogP contribution in [0.4, 0.5) is 0 Å². The minimum absolute atomic E-state index is 0.679. The molecule has 1 N–H and O–H groups in total. The summed E-state index contributed by atoms with van der Waals surface area (Å²) < 4.78 is 5.56. The summed E-state index contributed by atoms with van der Waals surface area (Å²) in [5.41, 5.74) is 2.70. The van der Waals surface area contributed by atoms with E-state index in [1.54, 1.807) is 7.11 Å². The molecule has 1 aromatic rings. The molecule has 3 nitrogen and oxygen atoms in total. The molecule has 1 aromatic carbocycles. The number of likely N-dealkylation sites (tertiary alicyclic amines) is 1. The molecule has 0 radical (unpaired) electrons. The Balaban J connectivity index is 1.69. The fourth-order valence-corrected chi connectivity index (χ4v) is 3.44. The molecule has 2 atom stereocenters. The van der Waals surface area contributed by atoms with Crippen molar-refractivity contribution < 1.29 is 4.74 Å². The molecule has 2 aliphatic rings. The maximum absolute atomic E-state index is 5.56. The summed E-state index contributed by atoms with van der Waals surface area (Å²) in [6.45, 7) is 7.88. The topological polar surface area (TPSA) is 24.5 Å². The number of rotatable bonds is 6. The molecule has 0 bridgehead atoms. The van der Waals surface area contributed by atoms with E-state index in [-0.39, 0.29) is 0 Å². The highest BCUT2D eigenvalue weighted by atomic mass is 16.5. The average molecular weight is 288 g/mol. The monoisotopic (exact) mass is 288 g/mol. The quantitative estimate of drug-likeness (QED) is 0.870. The Hall–Kier alpha value is -1.06. The highest BCUT2D eigenvalue weighted by Crippen LogP contribution is 2.28. The molecule has 3 heteroatoms. The Morgan fingerprint density at radius 3 is 2.71 bits per heavy atom. The van der Waals surface area contributed by atoms with Crippen molar-refractivity contribution in [3.8, 4) is 5.75 Å². The molecular formula is C18H28N2O. The maximum Gasteiger partial charge on any atom is 0.123 e. The highest BCUT2D eigenvalue weighted by molar-refractivity contribution is 5.37. The van der Waals surface area contributed by atoms with Crippen LogP contribution in [-0.2, 0) is 13.1 Å². The zero-order valence-corrected chi connectivity index (χ0v) is 13.6. The van der Waals surface area contributed by atoms with Crippen LogP contribution in [0.15, 0.2) is 18.2 Å². The van der Waals surface area contributed by atoms with E-state index in [0.717, 1.165) is 30.8 Å². The second-order valence-electron chi connectivity index (χ2n) is 6.92. The van der Waals surface area contributed by atoms with Gasteiger partial charge < -0.3 is 10.1 Å². The lowest BCUT2D eigenvalue weighted by Crippen LogP contribution is -2.27. The molecular weight excluding hydrogens is 260 g/mol. The standard InChI is InChI=1S/C18H28N2O/c1-13-8-14(2)20(11-13)12-16-9-15(4-7-18(16)21-3)10-19-17-5-6-17/h4,7,9,13-14,17,19H,5-6,8,10-12H2,1-3H3. The Morgan fingerprint density at radius 1 is 1.29 bits per heavy atom. The van der Waals surface area contributed by atoms with Crippen LogP contribution in [0.5, 0.6) is 5.75 Å². The predicted octanol–water partition coefficient (Wildman–Crippen LogP) is 3.18. The van der Waals surface area contributed by atoms with Crippen molar-refractivity contribution in [3.05, 3.63) is 29.3 Å². The second-order valence-corrected chi connectivity index (χ2v) is 6.92. The normalized spacial score (nSPS) is 26.2. The third-order valence-corrected chi connectivity index (χ3v) is 4.80. The van der Waals surface area contributed by atoms with E-state index in [4.69, 9.17) is 4.74 Å². The molecule has 1 aliphatic carbocycles. The van der Waals surface area contributed by atoms with Crippen LogP contribution in [0.1, 0.15) is 44.2 Å².